The van der Waals surface area contributed by atoms with Crippen molar-refractivity contribution in [2.45, 2.75) is 38.4 Å². The van der Waals surface area contributed by atoms with Crippen LogP contribution in [0.15, 0.2) is 57.9 Å². The van der Waals surface area contributed by atoms with Crippen LogP contribution in [0.25, 0.3) is 0 Å². The number of nitrogens with two attached hydrogens (primary N) is 1. The number of ether oxygens (including phenoxy) is 2. The van der Waals surface area contributed by atoms with Crippen molar-refractivity contribution in [1.29, 1.82) is 0 Å². The highest BCUT2D eigenvalue weighted by atomic mass is 32.2. The highest BCUT2D eigenvalue weighted by Gasteiger charge is 2.20. The number of esters is 1. The number of hydrogen-bond acceptors (Lipinski definition) is 8. The molecule has 0 aliphatic heterocycles. The molecule has 0 spiro atoms. The van der Waals surface area contributed by atoms with E-state index in [1.54, 1.807) is 26.0 Å². The van der Waals surface area contributed by atoms with Crippen molar-refractivity contribution >= 4 is 27.6 Å². The Morgan fingerprint density at radius 2 is 1.88 bits per heavy atom. The van der Waals surface area contributed by atoms with E-state index in [4.69, 9.17) is 19.1 Å². The Morgan fingerprint density at radius 3 is 2.55 bits per heavy atom. The van der Waals surface area contributed by atoms with Crippen LogP contribution in [0, 0.1) is 13.8 Å². The molecule has 0 saturated carbocycles. The second-order valence-corrected chi connectivity index (χ2v) is 8.79. The second-order valence-electron chi connectivity index (χ2n) is 7.23. The van der Waals surface area contributed by atoms with E-state index in [1.165, 1.54) is 43.3 Å². The summed E-state index contributed by atoms with van der Waals surface area (Å²) in [5.74, 6) is -0.279. The maximum atomic E-state index is 12.5. The first kappa shape index (κ1) is 24.0. The molecule has 0 saturated heterocycles. The molecule has 174 valence electrons. The SMILES string of the molecule is Cc1noc(C)c1COc1cccc(C(=O)OC(C)C(=O)Nc2cccc(S(N)(=O)=O)c2)c1. The van der Waals surface area contributed by atoms with E-state index in [0.717, 1.165) is 11.3 Å². The van der Waals surface area contributed by atoms with E-state index in [1.807, 2.05) is 0 Å². The van der Waals surface area contributed by atoms with Crippen LogP contribution in [0.4, 0.5) is 5.69 Å². The molecule has 3 N–H and O–H groups in total. The normalized spacial score (nSPS) is 12.1. The zero-order valence-corrected chi connectivity index (χ0v) is 19.0. The van der Waals surface area contributed by atoms with Crippen LogP contribution < -0.4 is 15.2 Å². The average molecular weight is 474 g/mol. The van der Waals surface area contributed by atoms with Gasteiger partial charge in [-0.3, -0.25) is 4.79 Å². The van der Waals surface area contributed by atoms with Gasteiger partial charge >= 0.3 is 5.97 Å². The average Bonchev–Trinajstić information content (AvgIpc) is 3.09. The van der Waals surface area contributed by atoms with Crippen LogP contribution in [0.2, 0.25) is 0 Å². The number of benzene rings is 2. The lowest BCUT2D eigenvalue weighted by molar-refractivity contribution is -0.123. The molecule has 0 aliphatic rings. The molecule has 1 atom stereocenters. The fourth-order valence-electron chi connectivity index (χ4n) is 2.85. The number of carbonyl (C=O) groups is 2. The molecule has 0 bridgehead atoms. The van der Waals surface area contributed by atoms with Crippen LogP contribution in [0.5, 0.6) is 5.75 Å². The number of carbonyl (C=O) groups excluding carboxylic acids is 2. The van der Waals surface area contributed by atoms with E-state index in [-0.39, 0.29) is 22.8 Å². The van der Waals surface area contributed by atoms with Crippen molar-refractivity contribution in [2.24, 2.45) is 5.14 Å². The molecular formula is C22H23N3O7S. The van der Waals surface area contributed by atoms with Gasteiger partial charge in [0.05, 0.1) is 21.7 Å². The molecule has 3 rings (SSSR count). The minimum Gasteiger partial charge on any atom is -0.489 e. The number of aromatic nitrogens is 1. The Hall–Kier alpha value is -3.70. The number of nitrogens with one attached hydrogen (secondary N) is 1. The second kappa shape index (κ2) is 9.84. The van der Waals surface area contributed by atoms with E-state index < -0.39 is 28.0 Å². The molecule has 1 unspecified atom stereocenters. The van der Waals surface area contributed by atoms with Gasteiger partial charge in [0.25, 0.3) is 5.91 Å². The predicted molar refractivity (Wildman–Crippen MR) is 118 cm³/mol. The minimum absolute atomic E-state index is 0.154. The Bertz CT molecular complexity index is 1270. The third kappa shape index (κ3) is 6.18. The summed E-state index contributed by atoms with van der Waals surface area (Å²) in [6.45, 7) is 5.20. The third-order valence-corrected chi connectivity index (χ3v) is 5.63. The fraction of sp³-hybridized carbons (Fsp3) is 0.227. The summed E-state index contributed by atoms with van der Waals surface area (Å²) in [6.07, 6.45) is -1.15. The number of rotatable bonds is 8. The molecule has 2 aromatic carbocycles. The van der Waals surface area contributed by atoms with E-state index >= 15 is 0 Å². The number of hydrogen-bond donors (Lipinski definition) is 2. The van der Waals surface area contributed by atoms with Gasteiger partial charge in [0.15, 0.2) is 6.10 Å². The van der Waals surface area contributed by atoms with Gasteiger partial charge in [-0.25, -0.2) is 18.4 Å². The molecule has 1 heterocycles. The standard InChI is InChI=1S/C22H23N3O7S/c1-13-20(14(2)32-25-13)12-30-18-8-4-6-16(10-18)22(27)31-15(3)21(26)24-17-7-5-9-19(11-17)33(23,28)29/h4-11,15H,12H2,1-3H3,(H,24,26)(H2,23,28,29). The van der Waals surface area contributed by atoms with E-state index in [9.17, 15) is 18.0 Å². The van der Waals surface area contributed by atoms with Crippen molar-refractivity contribution < 1.29 is 32.0 Å². The number of anilines is 1. The van der Waals surface area contributed by atoms with E-state index in [0.29, 0.717) is 11.5 Å². The molecule has 1 amide bonds. The summed E-state index contributed by atoms with van der Waals surface area (Å²) in [6, 6.07) is 11.8. The molecular weight excluding hydrogens is 450 g/mol. The summed E-state index contributed by atoms with van der Waals surface area (Å²) in [5.41, 5.74) is 1.93. The van der Waals surface area contributed by atoms with Crippen LogP contribution in [0.1, 0.15) is 34.3 Å². The van der Waals surface area contributed by atoms with Gasteiger partial charge in [-0.2, -0.15) is 0 Å². The molecule has 33 heavy (non-hydrogen) atoms. The lowest BCUT2D eigenvalue weighted by Gasteiger charge is -2.14. The van der Waals surface area contributed by atoms with E-state index in [2.05, 4.69) is 10.5 Å². The van der Waals surface area contributed by atoms with Gasteiger partial charge in [0.1, 0.15) is 18.1 Å². The van der Waals surface area contributed by atoms with Crippen LogP contribution in [-0.2, 0) is 26.2 Å². The van der Waals surface area contributed by atoms with Crippen molar-refractivity contribution in [1.82, 2.24) is 5.16 Å². The molecule has 0 aliphatic carbocycles. The van der Waals surface area contributed by atoms with Gasteiger partial charge in [0, 0.05) is 5.69 Å². The summed E-state index contributed by atoms with van der Waals surface area (Å²) in [7, 11) is -3.92. The summed E-state index contributed by atoms with van der Waals surface area (Å²) in [4.78, 5) is 24.8. The predicted octanol–water partition coefficient (Wildman–Crippen LogP) is 2.70. The topological polar surface area (TPSA) is 151 Å². The number of nitrogens with zero attached hydrogens (tertiary/aromatic N) is 1. The number of primary sulfonamides is 1. The maximum Gasteiger partial charge on any atom is 0.339 e. The van der Waals surface area contributed by atoms with Crippen molar-refractivity contribution in [3.05, 3.63) is 71.1 Å². The van der Waals surface area contributed by atoms with Gasteiger partial charge in [-0.1, -0.05) is 17.3 Å². The lowest BCUT2D eigenvalue weighted by Crippen LogP contribution is -2.30. The Labute approximate surface area is 190 Å². The Morgan fingerprint density at radius 1 is 1.15 bits per heavy atom. The Balaban J connectivity index is 1.61. The van der Waals surface area contributed by atoms with Crippen LogP contribution in [-0.4, -0.2) is 31.6 Å². The maximum absolute atomic E-state index is 12.5. The largest absolute Gasteiger partial charge is 0.489 e. The lowest BCUT2D eigenvalue weighted by atomic mass is 10.2. The fourth-order valence-corrected chi connectivity index (χ4v) is 3.41. The van der Waals surface area contributed by atoms with Gasteiger partial charge in [0.2, 0.25) is 10.0 Å². The molecule has 1 aromatic heterocycles. The number of amides is 1. The van der Waals surface area contributed by atoms with Crippen LogP contribution in [0.3, 0.4) is 0 Å². The smallest absolute Gasteiger partial charge is 0.339 e. The number of sulfonamides is 1. The highest BCUT2D eigenvalue weighted by molar-refractivity contribution is 7.89. The first-order valence-corrected chi connectivity index (χ1v) is 11.4. The van der Waals surface area contributed by atoms with Crippen molar-refractivity contribution in [3.63, 3.8) is 0 Å². The molecule has 3 aromatic rings. The summed E-state index contributed by atoms with van der Waals surface area (Å²) in [5, 5.41) is 11.5. The third-order valence-electron chi connectivity index (χ3n) is 4.72. The number of aryl methyl sites for hydroxylation is 2. The van der Waals surface area contributed by atoms with Gasteiger partial charge < -0.3 is 19.3 Å². The first-order valence-electron chi connectivity index (χ1n) is 9.84. The molecule has 10 nitrogen and oxygen atoms in total. The van der Waals surface area contributed by atoms with Gasteiger partial charge in [-0.05, 0) is 57.2 Å². The van der Waals surface area contributed by atoms with Crippen LogP contribution >= 0.6 is 0 Å². The first-order chi connectivity index (χ1) is 15.5. The zero-order valence-electron chi connectivity index (χ0n) is 18.2. The monoisotopic (exact) mass is 473 g/mol. The van der Waals surface area contributed by atoms with Crippen molar-refractivity contribution in [2.75, 3.05) is 5.32 Å². The summed E-state index contributed by atoms with van der Waals surface area (Å²) < 4.78 is 39.0. The van der Waals surface area contributed by atoms with Crippen molar-refractivity contribution in [3.8, 4) is 5.75 Å². The zero-order chi connectivity index (χ0) is 24.2. The van der Waals surface area contributed by atoms with Gasteiger partial charge in [-0.15, -0.1) is 0 Å². The molecule has 0 fully saturated rings. The summed E-state index contributed by atoms with van der Waals surface area (Å²) >= 11 is 0. The molecule has 0 radical (unpaired) electrons. The Kier molecular flexibility index (Phi) is 7.14. The minimum atomic E-state index is -3.92. The quantitative estimate of drug-likeness (QED) is 0.474. The highest BCUT2D eigenvalue weighted by Crippen LogP contribution is 2.20. The molecule has 11 heteroatoms.